The Morgan fingerprint density at radius 2 is 2.22 bits per heavy atom. The average molecular weight is 331 g/mol. The van der Waals surface area contributed by atoms with Gasteiger partial charge in [0.15, 0.2) is 0 Å². The van der Waals surface area contributed by atoms with E-state index in [2.05, 4.69) is 15.3 Å². The predicted octanol–water partition coefficient (Wildman–Crippen LogP) is 2.49. The molecular formula is C17H21N3O2S. The van der Waals surface area contributed by atoms with E-state index >= 15 is 0 Å². The first-order valence-electron chi connectivity index (χ1n) is 8.16. The standard InChI is InChI=1S/C17H21N3O2S/c1-12-18-13(11-23-12)10-19-4-6-20(7-5-19)17(21)15-9-14(15)16-3-2-8-22-16/h2-3,8,11,14-15H,4-7,9-10H2,1H3. The molecule has 2 aromatic rings. The zero-order valence-corrected chi connectivity index (χ0v) is 14.1. The van der Waals surface area contributed by atoms with Crippen molar-refractivity contribution in [3.63, 3.8) is 0 Å². The summed E-state index contributed by atoms with van der Waals surface area (Å²) in [6.07, 6.45) is 2.62. The maximum Gasteiger partial charge on any atom is 0.226 e. The summed E-state index contributed by atoms with van der Waals surface area (Å²) in [5, 5.41) is 3.25. The van der Waals surface area contributed by atoms with E-state index in [4.69, 9.17) is 4.42 Å². The Morgan fingerprint density at radius 3 is 2.87 bits per heavy atom. The third kappa shape index (κ3) is 3.19. The number of piperazine rings is 1. The summed E-state index contributed by atoms with van der Waals surface area (Å²) in [7, 11) is 0. The molecule has 5 nitrogen and oxygen atoms in total. The summed E-state index contributed by atoms with van der Waals surface area (Å²) >= 11 is 1.70. The van der Waals surface area contributed by atoms with E-state index in [0.717, 1.165) is 55.6 Å². The molecule has 0 bridgehead atoms. The molecule has 0 spiro atoms. The van der Waals surface area contributed by atoms with Crippen LogP contribution in [0, 0.1) is 12.8 Å². The van der Waals surface area contributed by atoms with Crippen molar-refractivity contribution < 1.29 is 9.21 Å². The van der Waals surface area contributed by atoms with Crippen LogP contribution in [0.5, 0.6) is 0 Å². The molecule has 3 heterocycles. The van der Waals surface area contributed by atoms with E-state index in [-0.39, 0.29) is 5.92 Å². The third-order valence-corrected chi connectivity index (χ3v) is 5.57. The molecule has 1 aliphatic carbocycles. The second-order valence-corrected chi connectivity index (χ2v) is 7.49. The molecule has 2 unspecified atom stereocenters. The molecule has 0 N–H and O–H groups in total. The van der Waals surface area contributed by atoms with Crippen molar-refractivity contribution in [3.8, 4) is 0 Å². The number of aryl methyl sites for hydroxylation is 1. The zero-order chi connectivity index (χ0) is 15.8. The van der Waals surface area contributed by atoms with Crippen molar-refractivity contribution in [2.24, 2.45) is 5.92 Å². The van der Waals surface area contributed by atoms with Crippen molar-refractivity contribution >= 4 is 17.2 Å². The number of furan rings is 1. The molecule has 23 heavy (non-hydrogen) atoms. The lowest BCUT2D eigenvalue weighted by atomic mass is 10.2. The number of carbonyl (C=O) groups excluding carboxylic acids is 1. The molecular weight excluding hydrogens is 310 g/mol. The molecule has 2 aliphatic rings. The number of amides is 1. The van der Waals surface area contributed by atoms with Gasteiger partial charge in [0.1, 0.15) is 5.76 Å². The highest BCUT2D eigenvalue weighted by atomic mass is 32.1. The molecule has 4 rings (SSSR count). The van der Waals surface area contributed by atoms with Crippen molar-refractivity contribution in [2.45, 2.75) is 25.8 Å². The highest BCUT2D eigenvalue weighted by Gasteiger charge is 2.47. The monoisotopic (exact) mass is 331 g/mol. The first kappa shape index (κ1) is 14.9. The molecule has 122 valence electrons. The van der Waals surface area contributed by atoms with Gasteiger partial charge in [-0.3, -0.25) is 9.69 Å². The number of nitrogens with zero attached hydrogens (tertiary/aromatic N) is 3. The molecule has 1 saturated carbocycles. The quantitative estimate of drug-likeness (QED) is 0.864. The molecule has 6 heteroatoms. The summed E-state index contributed by atoms with van der Waals surface area (Å²) in [5.74, 6) is 1.69. The Bertz CT molecular complexity index is 674. The third-order valence-electron chi connectivity index (χ3n) is 4.75. The number of rotatable bonds is 4. The molecule has 1 saturated heterocycles. The molecule has 2 aromatic heterocycles. The van der Waals surface area contributed by atoms with E-state index in [0.29, 0.717) is 11.8 Å². The van der Waals surface area contributed by atoms with Crippen LogP contribution in [-0.4, -0.2) is 46.9 Å². The van der Waals surface area contributed by atoms with Gasteiger partial charge in [0.25, 0.3) is 0 Å². The van der Waals surface area contributed by atoms with Crippen LogP contribution < -0.4 is 0 Å². The van der Waals surface area contributed by atoms with Crippen LogP contribution in [0.25, 0.3) is 0 Å². The normalized spacial score (nSPS) is 24.8. The number of aromatic nitrogens is 1. The van der Waals surface area contributed by atoms with Gasteiger partial charge in [-0.25, -0.2) is 4.98 Å². The first-order chi connectivity index (χ1) is 11.2. The topological polar surface area (TPSA) is 49.6 Å². The van der Waals surface area contributed by atoms with Crippen LogP contribution in [0.1, 0.15) is 28.8 Å². The Balaban J connectivity index is 1.27. The van der Waals surface area contributed by atoms with Gasteiger partial charge in [0.05, 0.1) is 17.0 Å². The molecule has 1 amide bonds. The van der Waals surface area contributed by atoms with Crippen molar-refractivity contribution in [3.05, 3.63) is 40.2 Å². The second kappa shape index (κ2) is 6.09. The largest absolute Gasteiger partial charge is 0.469 e. The Labute approximate surface area is 139 Å². The lowest BCUT2D eigenvalue weighted by Crippen LogP contribution is -2.48. The van der Waals surface area contributed by atoms with E-state index in [1.54, 1.807) is 17.6 Å². The van der Waals surface area contributed by atoms with Crippen LogP contribution in [-0.2, 0) is 11.3 Å². The van der Waals surface area contributed by atoms with Crippen LogP contribution in [0.4, 0.5) is 0 Å². The van der Waals surface area contributed by atoms with Crippen molar-refractivity contribution in [1.82, 2.24) is 14.8 Å². The van der Waals surface area contributed by atoms with E-state index in [9.17, 15) is 4.79 Å². The van der Waals surface area contributed by atoms with Crippen molar-refractivity contribution in [1.29, 1.82) is 0 Å². The van der Waals surface area contributed by atoms with E-state index in [1.165, 1.54) is 0 Å². The van der Waals surface area contributed by atoms with Crippen molar-refractivity contribution in [2.75, 3.05) is 26.2 Å². The SMILES string of the molecule is Cc1nc(CN2CCN(C(=O)C3CC3c3ccco3)CC2)cs1. The minimum atomic E-state index is 0.133. The van der Waals surface area contributed by atoms with Gasteiger partial charge in [-0.05, 0) is 25.5 Å². The van der Waals surface area contributed by atoms with E-state index in [1.807, 2.05) is 24.0 Å². The number of hydrogen-bond acceptors (Lipinski definition) is 5. The smallest absolute Gasteiger partial charge is 0.226 e. The Hall–Kier alpha value is -1.66. The highest BCUT2D eigenvalue weighted by Crippen LogP contribution is 2.48. The second-order valence-electron chi connectivity index (χ2n) is 6.42. The summed E-state index contributed by atoms with van der Waals surface area (Å²) in [4.78, 5) is 21.5. The fourth-order valence-electron chi connectivity index (χ4n) is 3.36. The van der Waals surface area contributed by atoms with E-state index < -0.39 is 0 Å². The molecule has 1 aliphatic heterocycles. The van der Waals surface area contributed by atoms with Gasteiger partial charge in [-0.15, -0.1) is 11.3 Å². The number of hydrogen-bond donors (Lipinski definition) is 0. The summed E-state index contributed by atoms with van der Waals surface area (Å²) in [5.41, 5.74) is 1.15. The minimum absolute atomic E-state index is 0.133. The predicted molar refractivity (Wildman–Crippen MR) is 88.3 cm³/mol. The average Bonchev–Trinajstić information content (AvgIpc) is 2.96. The first-order valence-corrected chi connectivity index (χ1v) is 9.04. The van der Waals surface area contributed by atoms with Gasteiger partial charge >= 0.3 is 0 Å². The maximum absolute atomic E-state index is 12.6. The van der Waals surface area contributed by atoms with Crippen LogP contribution >= 0.6 is 11.3 Å². The van der Waals surface area contributed by atoms with Gasteiger partial charge in [-0.2, -0.15) is 0 Å². The van der Waals surface area contributed by atoms with Gasteiger partial charge in [0.2, 0.25) is 5.91 Å². The Kier molecular flexibility index (Phi) is 3.95. The lowest BCUT2D eigenvalue weighted by molar-refractivity contribution is -0.134. The number of carbonyl (C=O) groups is 1. The zero-order valence-electron chi connectivity index (χ0n) is 13.3. The Morgan fingerprint density at radius 1 is 1.39 bits per heavy atom. The number of thiazole rings is 1. The van der Waals surface area contributed by atoms with Crippen LogP contribution in [0.3, 0.4) is 0 Å². The minimum Gasteiger partial charge on any atom is -0.469 e. The summed E-state index contributed by atoms with van der Waals surface area (Å²) in [6.45, 7) is 6.44. The van der Waals surface area contributed by atoms with Crippen LogP contribution in [0.2, 0.25) is 0 Å². The van der Waals surface area contributed by atoms with Gasteiger partial charge in [-0.1, -0.05) is 0 Å². The maximum atomic E-state index is 12.6. The van der Waals surface area contributed by atoms with Gasteiger partial charge < -0.3 is 9.32 Å². The molecule has 0 aromatic carbocycles. The lowest BCUT2D eigenvalue weighted by Gasteiger charge is -2.34. The molecule has 2 atom stereocenters. The summed E-state index contributed by atoms with van der Waals surface area (Å²) in [6, 6.07) is 3.87. The fourth-order valence-corrected chi connectivity index (χ4v) is 3.96. The fraction of sp³-hybridized carbons (Fsp3) is 0.529. The highest BCUT2D eigenvalue weighted by molar-refractivity contribution is 7.09. The summed E-state index contributed by atoms with van der Waals surface area (Å²) < 4.78 is 5.43. The molecule has 0 radical (unpaired) electrons. The molecule has 2 fully saturated rings. The van der Waals surface area contributed by atoms with Gasteiger partial charge in [0, 0.05) is 49.9 Å². The van der Waals surface area contributed by atoms with Crippen LogP contribution in [0.15, 0.2) is 28.2 Å².